The standard InChI is InChI=1S/C10H17N2O13P3/c13-6-3-9(12-2-1-8(14)11-10(12)15)24-7(6)4-23-26(16,17)5-27(18,19)25-28(20,21)22/h1-2,6-7,9,13H,3-5H2,(H,16,17)(H,18,19)(H,11,14,15)(H2,20,21,22)/t6?,7-,9-/m1/s1. The van der Waals surface area contributed by atoms with Crippen LogP contribution in [-0.4, -0.2) is 58.9 Å². The number of aliphatic hydroxyl groups is 1. The van der Waals surface area contributed by atoms with Crippen LogP contribution in [0.4, 0.5) is 0 Å². The topological polar surface area (TPSA) is 235 Å². The van der Waals surface area contributed by atoms with E-state index in [9.17, 15) is 38.2 Å². The molecule has 0 aliphatic carbocycles. The van der Waals surface area contributed by atoms with Crippen LogP contribution >= 0.6 is 23.0 Å². The zero-order chi connectivity index (χ0) is 21.3. The summed E-state index contributed by atoms with van der Waals surface area (Å²) in [7, 11) is -15.4. The van der Waals surface area contributed by atoms with Gasteiger partial charge in [-0.15, -0.1) is 0 Å². The molecule has 1 fully saturated rings. The highest BCUT2D eigenvalue weighted by Gasteiger charge is 2.41. The number of rotatable bonds is 8. The number of hydrogen-bond acceptors (Lipinski definition) is 9. The maximum Gasteiger partial charge on any atom is 0.476 e. The Hall–Kier alpha value is -0.950. The minimum absolute atomic E-state index is 0.129. The molecule has 0 radical (unpaired) electrons. The van der Waals surface area contributed by atoms with Crippen molar-refractivity contribution in [3.8, 4) is 0 Å². The van der Waals surface area contributed by atoms with Crippen LogP contribution in [-0.2, 0) is 27.3 Å². The number of aliphatic hydroxyl groups excluding tert-OH is 1. The van der Waals surface area contributed by atoms with Crippen molar-refractivity contribution in [1.29, 1.82) is 0 Å². The van der Waals surface area contributed by atoms with Crippen LogP contribution in [0.3, 0.4) is 0 Å². The van der Waals surface area contributed by atoms with Crippen molar-refractivity contribution in [3.63, 3.8) is 0 Å². The first-order chi connectivity index (χ1) is 12.7. The van der Waals surface area contributed by atoms with Gasteiger partial charge < -0.3 is 33.9 Å². The average molecular weight is 466 g/mol. The molecule has 0 saturated carbocycles. The molecule has 0 spiro atoms. The predicted octanol–water partition coefficient (Wildman–Crippen LogP) is -1.36. The van der Waals surface area contributed by atoms with E-state index in [1.54, 1.807) is 0 Å². The van der Waals surface area contributed by atoms with Gasteiger partial charge in [0.1, 0.15) is 12.3 Å². The van der Waals surface area contributed by atoms with Crippen molar-refractivity contribution >= 4 is 23.0 Å². The van der Waals surface area contributed by atoms with Crippen molar-refractivity contribution < 1.29 is 51.9 Å². The Labute approximate surface area is 155 Å². The molecule has 0 amide bonds. The molecule has 3 unspecified atom stereocenters. The third kappa shape index (κ3) is 6.83. The Bertz CT molecular complexity index is 966. The fraction of sp³-hybridized carbons (Fsp3) is 0.600. The van der Waals surface area contributed by atoms with Crippen LogP contribution in [0.5, 0.6) is 0 Å². The number of phosphoric acid groups is 1. The summed E-state index contributed by atoms with van der Waals surface area (Å²) in [5.41, 5.74) is -1.46. The molecule has 5 atom stereocenters. The van der Waals surface area contributed by atoms with Crippen LogP contribution in [0.2, 0.25) is 0 Å². The first-order valence-electron chi connectivity index (χ1n) is 7.37. The largest absolute Gasteiger partial charge is 0.476 e. The summed E-state index contributed by atoms with van der Waals surface area (Å²) >= 11 is 0. The van der Waals surface area contributed by atoms with Crippen LogP contribution in [0, 0.1) is 0 Å². The van der Waals surface area contributed by atoms with Gasteiger partial charge >= 0.3 is 28.7 Å². The smallest absolute Gasteiger partial charge is 0.390 e. The summed E-state index contributed by atoms with van der Waals surface area (Å²) in [5.74, 6) is -1.61. The first-order valence-corrected chi connectivity index (χ1v) is 12.4. The van der Waals surface area contributed by atoms with Crippen molar-refractivity contribution in [2.75, 3.05) is 12.5 Å². The summed E-state index contributed by atoms with van der Waals surface area (Å²) in [6.07, 6.45) is -2.50. The minimum Gasteiger partial charge on any atom is -0.390 e. The highest BCUT2D eigenvalue weighted by atomic mass is 31.3. The monoisotopic (exact) mass is 466 g/mol. The summed E-state index contributed by atoms with van der Waals surface area (Å²) in [4.78, 5) is 60.6. The molecule has 2 heterocycles. The van der Waals surface area contributed by atoms with Gasteiger partial charge in [0.2, 0.25) is 0 Å². The number of nitrogens with one attached hydrogen (secondary N) is 1. The number of H-pyrrole nitrogens is 1. The summed E-state index contributed by atoms with van der Waals surface area (Å²) < 4.78 is 48.4. The zero-order valence-corrected chi connectivity index (χ0v) is 16.5. The van der Waals surface area contributed by atoms with Gasteiger partial charge in [-0.2, -0.15) is 0 Å². The second kappa shape index (κ2) is 8.42. The molecule has 1 aliphatic rings. The molecular weight excluding hydrogens is 449 g/mol. The lowest BCUT2D eigenvalue weighted by Crippen LogP contribution is -2.31. The summed E-state index contributed by atoms with van der Waals surface area (Å²) in [5, 5.41) is 9.95. The average Bonchev–Trinajstić information content (AvgIpc) is 2.82. The number of aromatic amines is 1. The first kappa shape index (κ1) is 23.3. The van der Waals surface area contributed by atoms with E-state index in [1.807, 2.05) is 4.98 Å². The van der Waals surface area contributed by atoms with E-state index in [-0.39, 0.29) is 6.42 Å². The number of hydrogen-bond donors (Lipinski definition) is 6. The molecule has 1 aromatic rings. The SMILES string of the molecule is O=c1ccn([C@H]2CC(O)[C@@H](COP(=O)(O)CP(=O)(O)OP(=O)(O)O)O2)c(=O)[nH]1. The van der Waals surface area contributed by atoms with Crippen LogP contribution in [0.25, 0.3) is 0 Å². The van der Waals surface area contributed by atoms with E-state index >= 15 is 0 Å². The minimum atomic E-state index is -5.40. The molecule has 2 rings (SSSR count). The lowest BCUT2D eigenvalue weighted by molar-refractivity contribution is -0.0423. The highest BCUT2D eigenvalue weighted by molar-refractivity contribution is 7.74. The van der Waals surface area contributed by atoms with Crippen LogP contribution in [0.15, 0.2) is 21.9 Å². The molecule has 1 aromatic heterocycles. The van der Waals surface area contributed by atoms with E-state index in [0.29, 0.717) is 0 Å². The van der Waals surface area contributed by atoms with E-state index in [4.69, 9.17) is 14.5 Å². The number of aromatic nitrogens is 2. The molecule has 6 N–H and O–H groups in total. The maximum atomic E-state index is 11.9. The summed E-state index contributed by atoms with van der Waals surface area (Å²) in [6.45, 7) is -0.751. The molecular formula is C10H17N2O13P3. The van der Waals surface area contributed by atoms with Crippen LogP contribution in [0.1, 0.15) is 12.6 Å². The van der Waals surface area contributed by atoms with Crippen LogP contribution < -0.4 is 11.2 Å². The van der Waals surface area contributed by atoms with Crippen molar-refractivity contribution in [2.45, 2.75) is 24.9 Å². The van der Waals surface area contributed by atoms with Gasteiger partial charge in [-0.05, 0) is 0 Å². The van der Waals surface area contributed by atoms with E-state index < -0.39 is 65.2 Å². The lowest BCUT2D eigenvalue weighted by Gasteiger charge is -2.20. The van der Waals surface area contributed by atoms with Gasteiger partial charge in [0, 0.05) is 18.7 Å². The van der Waals surface area contributed by atoms with E-state index in [2.05, 4.69) is 8.83 Å². The quantitative estimate of drug-likeness (QED) is 0.243. The molecule has 0 bridgehead atoms. The molecule has 1 saturated heterocycles. The molecule has 1 aliphatic heterocycles. The Kier molecular flexibility index (Phi) is 7.02. The van der Waals surface area contributed by atoms with E-state index in [0.717, 1.165) is 16.8 Å². The fourth-order valence-corrected chi connectivity index (χ4v) is 6.85. The highest BCUT2D eigenvalue weighted by Crippen LogP contribution is 2.64. The molecule has 18 heteroatoms. The number of nitrogens with zero attached hydrogens (tertiary/aromatic N) is 1. The van der Waals surface area contributed by atoms with Gasteiger partial charge in [-0.3, -0.25) is 23.5 Å². The molecule has 0 aromatic carbocycles. The second-order valence-corrected chi connectivity index (χ2v) is 11.3. The Balaban J connectivity index is 1.99. The van der Waals surface area contributed by atoms with E-state index in [1.165, 1.54) is 0 Å². The normalized spacial score (nSPS) is 27.2. The molecule has 15 nitrogen and oxygen atoms in total. The zero-order valence-electron chi connectivity index (χ0n) is 13.8. The van der Waals surface area contributed by atoms with Gasteiger partial charge in [0.15, 0.2) is 5.90 Å². The third-order valence-corrected chi connectivity index (χ3v) is 8.68. The van der Waals surface area contributed by atoms with Crippen molar-refractivity contribution in [1.82, 2.24) is 9.55 Å². The Morgan fingerprint density at radius 2 is 1.82 bits per heavy atom. The third-order valence-electron chi connectivity index (χ3n) is 3.40. The van der Waals surface area contributed by atoms with Crippen molar-refractivity contribution in [2.24, 2.45) is 0 Å². The van der Waals surface area contributed by atoms with Gasteiger partial charge in [0.05, 0.1) is 12.7 Å². The summed E-state index contributed by atoms with van der Waals surface area (Å²) in [6, 6.07) is 1.04. The molecule has 28 heavy (non-hydrogen) atoms. The fourth-order valence-electron chi connectivity index (χ4n) is 2.34. The lowest BCUT2D eigenvalue weighted by atomic mass is 10.2. The van der Waals surface area contributed by atoms with Crippen molar-refractivity contribution in [3.05, 3.63) is 33.1 Å². The maximum absolute atomic E-state index is 11.9. The van der Waals surface area contributed by atoms with Gasteiger partial charge in [-0.25, -0.2) is 13.7 Å². The molecule has 160 valence electrons. The Morgan fingerprint density at radius 1 is 1.18 bits per heavy atom. The predicted molar refractivity (Wildman–Crippen MR) is 89.5 cm³/mol. The second-order valence-electron chi connectivity index (χ2n) is 5.73. The van der Waals surface area contributed by atoms with Gasteiger partial charge in [-0.1, -0.05) is 0 Å². The van der Waals surface area contributed by atoms with Gasteiger partial charge in [0.25, 0.3) is 5.56 Å². The Morgan fingerprint density at radius 3 is 2.39 bits per heavy atom. The number of ether oxygens (including phenoxy) is 1.